The van der Waals surface area contributed by atoms with Gasteiger partial charge in [-0.25, -0.2) is 4.98 Å². The van der Waals surface area contributed by atoms with Crippen molar-refractivity contribution in [2.24, 2.45) is 11.7 Å². The first-order valence-electron chi connectivity index (χ1n) is 4.93. The molecule has 0 aliphatic carbocycles. The summed E-state index contributed by atoms with van der Waals surface area (Å²) in [5, 5.41) is 5.74. The van der Waals surface area contributed by atoms with Crippen LogP contribution in [0.25, 0.3) is 0 Å². The predicted molar refractivity (Wildman–Crippen MR) is 56.1 cm³/mol. The first-order valence-corrected chi connectivity index (χ1v) is 4.93. The van der Waals surface area contributed by atoms with Gasteiger partial charge in [0, 0.05) is 6.42 Å². The molecule has 1 unspecified atom stereocenters. The third kappa shape index (κ3) is 1.80. The number of rotatable bonds is 2. The van der Waals surface area contributed by atoms with Gasteiger partial charge in [-0.2, -0.15) is 0 Å². The Bertz CT molecular complexity index is 386. The third-order valence-electron chi connectivity index (χ3n) is 2.27. The van der Waals surface area contributed by atoms with Crippen molar-refractivity contribution in [2.45, 2.75) is 26.1 Å². The van der Waals surface area contributed by atoms with Crippen LogP contribution in [-0.4, -0.2) is 21.7 Å². The summed E-state index contributed by atoms with van der Waals surface area (Å²) in [5.41, 5.74) is 6.46. The maximum Gasteiger partial charge on any atom is 0.274 e. The van der Waals surface area contributed by atoms with Crippen LogP contribution >= 0.6 is 0 Å². The highest BCUT2D eigenvalue weighted by molar-refractivity contribution is 5.99. The topological polar surface area (TPSA) is 95.8 Å². The van der Waals surface area contributed by atoms with Gasteiger partial charge >= 0.3 is 0 Å². The number of amides is 1. The molecule has 0 radical (unpaired) electrons. The second-order valence-corrected chi connectivity index (χ2v) is 4.27. The van der Waals surface area contributed by atoms with Crippen LogP contribution in [0.15, 0.2) is 6.33 Å². The van der Waals surface area contributed by atoms with Gasteiger partial charge < -0.3 is 15.6 Å². The van der Waals surface area contributed by atoms with Gasteiger partial charge in [-0.3, -0.25) is 10.5 Å². The molecule has 15 heavy (non-hydrogen) atoms. The number of nitrogens with one attached hydrogen (secondary N) is 3. The van der Waals surface area contributed by atoms with Crippen LogP contribution in [0, 0.1) is 5.92 Å². The monoisotopic (exact) mass is 209 g/mol. The molecular formula is C9H15N5O. The van der Waals surface area contributed by atoms with Crippen LogP contribution in [0.4, 0.5) is 5.82 Å². The molecule has 0 spiro atoms. The zero-order valence-electron chi connectivity index (χ0n) is 8.79. The lowest BCUT2D eigenvalue weighted by Gasteiger charge is -2.36. The minimum Gasteiger partial charge on any atom is -0.339 e. The normalized spacial score (nSPS) is 24.7. The van der Waals surface area contributed by atoms with E-state index in [0.717, 1.165) is 0 Å². The number of H-pyrrole nitrogens is 1. The molecular weight excluding hydrogens is 194 g/mol. The molecule has 2 rings (SSSR count). The van der Waals surface area contributed by atoms with Gasteiger partial charge in [0.05, 0.1) is 6.33 Å². The highest BCUT2D eigenvalue weighted by Crippen LogP contribution is 2.22. The Morgan fingerprint density at radius 1 is 1.53 bits per heavy atom. The van der Waals surface area contributed by atoms with E-state index < -0.39 is 5.79 Å². The number of imidazole rings is 1. The number of hydrogen-bond donors (Lipinski definition) is 4. The average molecular weight is 209 g/mol. The van der Waals surface area contributed by atoms with E-state index in [2.05, 4.69) is 20.6 Å². The van der Waals surface area contributed by atoms with Crippen LogP contribution in [0.2, 0.25) is 0 Å². The van der Waals surface area contributed by atoms with E-state index in [4.69, 9.17) is 5.73 Å². The van der Waals surface area contributed by atoms with Crippen molar-refractivity contribution in [1.29, 1.82) is 0 Å². The zero-order valence-corrected chi connectivity index (χ0v) is 8.79. The Morgan fingerprint density at radius 2 is 2.27 bits per heavy atom. The SMILES string of the molecule is CC(C)CC1(N)NC(=O)c2[nH]cnc2N1. The summed E-state index contributed by atoms with van der Waals surface area (Å²) < 4.78 is 0. The van der Waals surface area contributed by atoms with Gasteiger partial charge in [-0.05, 0) is 5.92 Å². The summed E-state index contributed by atoms with van der Waals surface area (Å²) in [7, 11) is 0. The van der Waals surface area contributed by atoms with Crippen LogP contribution in [0.3, 0.4) is 0 Å². The first-order chi connectivity index (χ1) is 7.00. The minimum absolute atomic E-state index is 0.218. The minimum atomic E-state index is -0.895. The van der Waals surface area contributed by atoms with E-state index in [1.165, 1.54) is 6.33 Å². The van der Waals surface area contributed by atoms with Crippen LogP contribution in [0.5, 0.6) is 0 Å². The van der Waals surface area contributed by atoms with Gasteiger partial charge in [0.2, 0.25) is 0 Å². The van der Waals surface area contributed by atoms with E-state index in [-0.39, 0.29) is 5.91 Å². The molecule has 1 aromatic heterocycles. The van der Waals surface area contributed by atoms with E-state index in [1.807, 2.05) is 13.8 Å². The van der Waals surface area contributed by atoms with Crippen molar-refractivity contribution < 1.29 is 4.79 Å². The maximum absolute atomic E-state index is 11.6. The fourth-order valence-corrected chi connectivity index (χ4v) is 1.82. The number of hydrogen-bond acceptors (Lipinski definition) is 4. The van der Waals surface area contributed by atoms with Crippen LogP contribution in [-0.2, 0) is 0 Å². The molecule has 1 aromatic rings. The second-order valence-electron chi connectivity index (χ2n) is 4.27. The van der Waals surface area contributed by atoms with Gasteiger partial charge in [-0.15, -0.1) is 0 Å². The van der Waals surface area contributed by atoms with E-state index >= 15 is 0 Å². The number of nitrogens with two attached hydrogens (primary N) is 1. The maximum atomic E-state index is 11.6. The first kappa shape index (κ1) is 9.97. The van der Waals surface area contributed by atoms with Crippen molar-refractivity contribution in [1.82, 2.24) is 15.3 Å². The number of aromatic nitrogens is 2. The lowest BCUT2D eigenvalue weighted by molar-refractivity contribution is 0.0886. The fourth-order valence-electron chi connectivity index (χ4n) is 1.82. The fraction of sp³-hybridized carbons (Fsp3) is 0.556. The average Bonchev–Trinajstić information content (AvgIpc) is 2.48. The molecule has 1 amide bonds. The largest absolute Gasteiger partial charge is 0.339 e. The number of carbonyl (C=O) groups is 1. The summed E-state index contributed by atoms with van der Waals surface area (Å²) in [6.45, 7) is 4.09. The number of nitrogens with zero attached hydrogens (tertiary/aromatic N) is 1. The van der Waals surface area contributed by atoms with Gasteiger partial charge in [0.1, 0.15) is 5.69 Å². The Kier molecular flexibility index (Phi) is 2.15. The Hall–Kier alpha value is -1.56. The molecule has 0 aromatic carbocycles. The summed E-state index contributed by atoms with van der Waals surface area (Å²) in [6, 6.07) is 0. The molecule has 0 saturated carbocycles. The van der Waals surface area contributed by atoms with Crippen LogP contribution < -0.4 is 16.4 Å². The lowest BCUT2D eigenvalue weighted by Crippen LogP contribution is -2.64. The third-order valence-corrected chi connectivity index (χ3v) is 2.27. The number of fused-ring (bicyclic) bond motifs is 1. The molecule has 1 atom stereocenters. The molecule has 5 N–H and O–H groups in total. The summed E-state index contributed by atoms with van der Waals surface area (Å²) >= 11 is 0. The molecule has 0 fully saturated rings. The number of carbonyl (C=O) groups excluding carboxylic acids is 1. The predicted octanol–water partition coefficient (Wildman–Crippen LogP) is 0.224. The molecule has 6 nitrogen and oxygen atoms in total. The highest BCUT2D eigenvalue weighted by Gasteiger charge is 2.35. The van der Waals surface area contributed by atoms with E-state index in [1.54, 1.807) is 0 Å². The second kappa shape index (κ2) is 3.23. The van der Waals surface area contributed by atoms with Gasteiger partial charge in [-0.1, -0.05) is 13.8 Å². The number of aromatic amines is 1. The van der Waals surface area contributed by atoms with Crippen molar-refractivity contribution in [3.63, 3.8) is 0 Å². The highest BCUT2D eigenvalue weighted by atomic mass is 16.2. The summed E-state index contributed by atoms with van der Waals surface area (Å²) in [6.07, 6.45) is 2.11. The van der Waals surface area contributed by atoms with E-state index in [9.17, 15) is 4.79 Å². The Balaban J connectivity index is 2.25. The molecule has 2 heterocycles. The molecule has 82 valence electrons. The smallest absolute Gasteiger partial charge is 0.274 e. The Labute approximate surface area is 87.6 Å². The molecule has 0 bridgehead atoms. The van der Waals surface area contributed by atoms with Gasteiger partial charge in [0.25, 0.3) is 5.91 Å². The van der Waals surface area contributed by atoms with Crippen molar-refractivity contribution >= 4 is 11.7 Å². The number of anilines is 1. The molecule has 6 heteroatoms. The summed E-state index contributed by atoms with van der Waals surface area (Å²) in [4.78, 5) is 18.4. The Morgan fingerprint density at radius 3 is 2.93 bits per heavy atom. The quantitative estimate of drug-likeness (QED) is 0.560. The molecule has 0 saturated heterocycles. The standard InChI is InChI=1S/C9H15N5O/c1-5(2)3-9(10)13-7-6(8(15)14-9)11-4-12-7/h4-5,13H,3,10H2,1-2H3,(H,11,12)(H,14,15). The molecule has 1 aliphatic rings. The van der Waals surface area contributed by atoms with Gasteiger partial charge in [0.15, 0.2) is 11.6 Å². The lowest BCUT2D eigenvalue weighted by atomic mass is 10.0. The van der Waals surface area contributed by atoms with Crippen LogP contribution in [0.1, 0.15) is 30.8 Å². The van der Waals surface area contributed by atoms with Crippen molar-refractivity contribution in [3.05, 3.63) is 12.0 Å². The van der Waals surface area contributed by atoms with Crippen molar-refractivity contribution in [2.75, 3.05) is 5.32 Å². The molecule has 1 aliphatic heterocycles. The summed E-state index contributed by atoms with van der Waals surface area (Å²) in [5.74, 6) is -0.220. The van der Waals surface area contributed by atoms with E-state index in [0.29, 0.717) is 23.9 Å². The van der Waals surface area contributed by atoms with Crippen molar-refractivity contribution in [3.8, 4) is 0 Å². The zero-order chi connectivity index (χ0) is 11.1.